The zero-order chi connectivity index (χ0) is 16.1. The standard InChI is InChI=1S/C18H25N3O2/c1-19-18(21(2)12-14-8-10-22-13-14)20-9-7-16-11-15-5-3-4-6-17(15)23-16/h3-6,11,14H,7-10,12-13H2,1-2H3,(H,19,20). The van der Waals surface area contributed by atoms with Gasteiger partial charge < -0.3 is 19.4 Å². The SMILES string of the molecule is CN=C(NCCc1cc2ccccc2o1)N(C)CC1CCOC1. The molecule has 2 heterocycles. The van der Waals surface area contributed by atoms with Crippen molar-refractivity contribution < 1.29 is 9.15 Å². The first-order chi connectivity index (χ1) is 11.3. The minimum atomic E-state index is 0.605. The van der Waals surface area contributed by atoms with Crippen LogP contribution in [0.3, 0.4) is 0 Å². The summed E-state index contributed by atoms with van der Waals surface area (Å²) in [6.45, 7) is 3.53. The fraction of sp³-hybridized carbons (Fsp3) is 0.500. The van der Waals surface area contributed by atoms with Crippen molar-refractivity contribution in [3.05, 3.63) is 36.1 Å². The van der Waals surface area contributed by atoms with Crippen LogP contribution in [0.1, 0.15) is 12.2 Å². The molecule has 1 unspecified atom stereocenters. The Labute approximate surface area is 137 Å². The fourth-order valence-corrected chi connectivity index (χ4v) is 3.04. The van der Waals surface area contributed by atoms with Gasteiger partial charge in [-0.25, -0.2) is 0 Å². The minimum absolute atomic E-state index is 0.605. The number of aliphatic imine (C=N–C) groups is 1. The molecule has 1 aromatic heterocycles. The molecular formula is C18H25N3O2. The molecule has 1 atom stereocenters. The van der Waals surface area contributed by atoms with Crippen LogP contribution in [-0.2, 0) is 11.2 Å². The van der Waals surface area contributed by atoms with Gasteiger partial charge in [-0.05, 0) is 18.6 Å². The normalized spacial score (nSPS) is 18.5. The smallest absolute Gasteiger partial charge is 0.193 e. The van der Waals surface area contributed by atoms with Crippen molar-refractivity contribution in [3.8, 4) is 0 Å². The number of hydrogen-bond acceptors (Lipinski definition) is 3. The molecular weight excluding hydrogens is 290 g/mol. The van der Waals surface area contributed by atoms with Gasteiger partial charge in [0.2, 0.25) is 0 Å². The average Bonchev–Trinajstić information content (AvgIpc) is 3.20. The Kier molecular flexibility index (Phi) is 5.18. The van der Waals surface area contributed by atoms with Crippen LogP contribution in [0.4, 0.5) is 0 Å². The first kappa shape index (κ1) is 15.9. The van der Waals surface area contributed by atoms with Gasteiger partial charge in [-0.15, -0.1) is 0 Å². The molecule has 124 valence electrons. The largest absolute Gasteiger partial charge is 0.461 e. The van der Waals surface area contributed by atoms with Crippen LogP contribution in [0.5, 0.6) is 0 Å². The summed E-state index contributed by atoms with van der Waals surface area (Å²) in [6.07, 6.45) is 1.98. The topological polar surface area (TPSA) is 50.0 Å². The zero-order valence-corrected chi connectivity index (χ0v) is 13.9. The highest BCUT2D eigenvalue weighted by molar-refractivity contribution is 5.80. The van der Waals surface area contributed by atoms with E-state index in [1.807, 2.05) is 25.2 Å². The molecule has 1 N–H and O–H groups in total. The van der Waals surface area contributed by atoms with E-state index in [9.17, 15) is 0 Å². The van der Waals surface area contributed by atoms with E-state index in [0.717, 1.165) is 61.8 Å². The molecule has 0 spiro atoms. The monoisotopic (exact) mass is 315 g/mol. The number of fused-ring (bicyclic) bond motifs is 1. The number of nitrogens with one attached hydrogen (secondary N) is 1. The van der Waals surface area contributed by atoms with Gasteiger partial charge in [0.1, 0.15) is 11.3 Å². The van der Waals surface area contributed by atoms with E-state index in [2.05, 4.69) is 34.4 Å². The van der Waals surface area contributed by atoms with Crippen LogP contribution in [0.2, 0.25) is 0 Å². The lowest BCUT2D eigenvalue weighted by Crippen LogP contribution is -2.42. The van der Waals surface area contributed by atoms with Gasteiger partial charge in [0.25, 0.3) is 0 Å². The highest BCUT2D eigenvalue weighted by atomic mass is 16.5. The summed E-state index contributed by atoms with van der Waals surface area (Å²) in [5.74, 6) is 2.53. The number of para-hydroxylation sites is 1. The number of rotatable bonds is 5. The second kappa shape index (κ2) is 7.51. The van der Waals surface area contributed by atoms with E-state index in [1.54, 1.807) is 0 Å². The number of furan rings is 1. The van der Waals surface area contributed by atoms with Crippen molar-refractivity contribution in [3.63, 3.8) is 0 Å². The Morgan fingerprint density at radius 3 is 3.00 bits per heavy atom. The molecule has 23 heavy (non-hydrogen) atoms. The number of benzene rings is 1. The number of guanidine groups is 1. The van der Waals surface area contributed by atoms with Gasteiger partial charge >= 0.3 is 0 Å². The summed E-state index contributed by atoms with van der Waals surface area (Å²) in [5.41, 5.74) is 0.949. The molecule has 1 aromatic carbocycles. The third-order valence-electron chi connectivity index (χ3n) is 4.26. The molecule has 1 aliphatic heterocycles. The van der Waals surface area contributed by atoms with Crippen molar-refractivity contribution in [2.24, 2.45) is 10.9 Å². The quantitative estimate of drug-likeness (QED) is 0.680. The van der Waals surface area contributed by atoms with Crippen LogP contribution in [0.15, 0.2) is 39.7 Å². The fourth-order valence-electron chi connectivity index (χ4n) is 3.04. The summed E-state index contributed by atoms with van der Waals surface area (Å²) < 4.78 is 11.3. The van der Waals surface area contributed by atoms with Gasteiger partial charge in [0.15, 0.2) is 5.96 Å². The molecule has 0 amide bonds. The van der Waals surface area contributed by atoms with Crippen LogP contribution < -0.4 is 5.32 Å². The first-order valence-corrected chi connectivity index (χ1v) is 8.23. The van der Waals surface area contributed by atoms with Crippen molar-refractivity contribution in [1.82, 2.24) is 10.2 Å². The Hall–Kier alpha value is -2.01. The first-order valence-electron chi connectivity index (χ1n) is 8.23. The van der Waals surface area contributed by atoms with E-state index >= 15 is 0 Å². The maximum Gasteiger partial charge on any atom is 0.193 e. The minimum Gasteiger partial charge on any atom is -0.461 e. The molecule has 3 rings (SSSR count). The Morgan fingerprint density at radius 1 is 1.39 bits per heavy atom. The molecule has 5 nitrogen and oxygen atoms in total. The van der Waals surface area contributed by atoms with Gasteiger partial charge in [0.05, 0.1) is 6.61 Å². The molecule has 0 aliphatic carbocycles. The number of ether oxygens (including phenoxy) is 1. The lowest BCUT2D eigenvalue weighted by Gasteiger charge is -2.24. The molecule has 0 radical (unpaired) electrons. The van der Waals surface area contributed by atoms with Gasteiger partial charge in [0, 0.05) is 51.5 Å². The van der Waals surface area contributed by atoms with Crippen LogP contribution in [0.25, 0.3) is 11.0 Å². The van der Waals surface area contributed by atoms with Crippen molar-refractivity contribution in [1.29, 1.82) is 0 Å². The molecule has 0 bridgehead atoms. The molecule has 0 saturated carbocycles. The van der Waals surface area contributed by atoms with Crippen molar-refractivity contribution >= 4 is 16.9 Å². The van der Waals surface area contributed by atoms with E-state index in [-0.39, 0.29) is 0 Å². The van der Waals surface area contributed by atoms with Crippen molar-refractivity contribution in [2.75, 3.05) is 40.4 Å². The number of hydrogen-bond donors (Lipinski definition) is 1. The number of nitrogens with zero attached hydrogens (tertiary/aromatic N) is 2. The second-order valence-corrected chi connectivity index (χ2v) is 6.08. The lowest BCUT2D eigenvalue weighted by molar-refractivity contribution is 0.181. The maximum atomic E-state index is 5.84. The summed E-state index contributed by atoms with van der Waals surface area (Å²) >= 11 is 0. The third-order valence-corrected chi connectivity index (χ3v) is 4.26. The Balaban J connectivity index is 1.49. The maximum absolute atomic E-state index is 5.84. The van der Waals surface area contributed by atoms with Crippen LogP contribution in [-0.4, -0.2) is 51.3 Å². The van der Waals surface area contributed by atoms with Gasteiger partial charge in [-0.3, -0.25) is 4.99 Å². The third kappa shape index (κ3) is 4.05. The van der Waals surface area contributed by atoms with E-state index < -0.39 is 0 Å². The molecule has 1 saturated heterocycles. The van der Waals surface area contributed by atoms with Gasteiger partial charge in [-0.2, -0.15) is 0 Å². The highest BCUT2D eigenvalue weighted by Gasteiger charge is 2.19. The Morgan fingerprint density at radius 2 is 2.26 bits per heavy atom. The molecule has 2 aromatic rings. The predicted molar refractivity (Wildman–Crippen MR) is 92.8 cm³/mol. The van der Waals surface area contributed by atoms with Crippen LogP contribution in [0, 0.1) is 5.92 Å². The second-order valence-electron chi connectivity index (χ2n) is 6.08. The Bertz CT molecular complexity index is 626. The lowest BCUT2D eigenvalue weighted by atomic mass is 10.1. The van der Waals surface area contributed by atoms with E-state index in [0.29, 0.717) is 5.92 Å². The summed E-state index contributed by atoms with van der Waals surface area (Å²) in [6, 6.07) is 10.2. The molecule has 5 heteroatoms. The van der Waals surface area contributed by atoms with E-state index in [1.165, 1.54) is 0 Å². The zero-order valence-electron chi connectivity index (χ0n) is 13.9. The highest BCUT2D eigenvalue weighted by Crippen LogP contribution is 2.18. The predicted octanol–water partition coefficient (Wildman–Crippen LogP) is 2.52. The molecule has 1 aliphatic rings. The summed E-state index contributed by atoms with van der Waals surface area (Å²) in [5, 5.41) is 4.57. The average molecular weight is 315 g/mol. The molecule has 1 fully saturated rings. The van der Waals surface area contributed by atoms with Crippen molar-refractivity contribution in [2.45, 2.75) is 12.8 Å². The summed E-state index contributed by atoms with van der Waals surface area (Å²) in [7, 11) is 3.90. The summed E-state index contributed by atoms with van der Waals surface area (Å²) in [4.78, 5) is 6.54. The van der Waals surface area contributed by atoms with Gasteiger partial charge in [-0.1, -0.05) is 18.2 Å². The van der Waals surface area contributed by atoms with Crippen LogP contribution >= 0.6 is 0 Å². The van der Waals surface area contributed by atoms with E-state index in [4.69, 9.17) is 9.15 Å².